The Bertz CT molecular complexity index is 2350. The van der Waals surface area contributed by atoms with Gasteiger partial charge in [-0.25, -0.2) is 19.6 Å². The van der Waals surface area contributed by atoms with Crippen LogP contribution in [0.2, 0.25) is 5.02 Å². The van der Waals surface area contributed by atoms with Gasteiger partial charge < -0.3 is 45.3 Å². The number of carbonyl (C=O) groups excluding carboxylic acids is 5. The molecule has 3 aliphatic heterocycles. The van der Waals surface area contributed by atoms with Crippen molar-refractivity contribution in [1.82, 2.24) is 40.3 Å². The average molecular weight is 881 g/mol. The largest absolute Gasteiger partial charge is 0.453 e. The summed E-state index contributed by atoms with van der Waals surface area (Å²) >= 11 is 6.78. The first-order chi connectivity index (χ1) is 30.1. The number of piperazine rings is 1. The Balaban J connectivity index is 0.961. The number of carbonyl (C=O) groups is 5. The minimum absolute atomic E-state index is 0.0300. The number of methoxy groups -OCH3 is 1. The number of benzene rings is 2. The molecule has 3 aliphatic rings. The molecule has 2 aromatic heterocycles. The number of ether oxygens (including phenoxy) is 1. The van der Waals surface area contributed by atoms with Gasteiger partial charge in [-0.15, -0.1) is 0 Å². The van der Waals surface area contributed by atoms with Gasteiger partial charge in [0, 0.05) is 52.0 Å². The normalized spacial score (nSPS) is 20.5. The third-order valence-corrected chi connectivity index (χ3v) is 13.0. The number of aryl methyl sites for hydroxylation is 1. The van der Waals surface area contributed by atoms with Crippen molar-refractivity contribution in [1.29, 1.82) is 0 Å². The van der Waals surface area contributed by atoms with Crippen LogP contribution in [0.3, 0.4) is 0 Å². The molecule has 0 unspecified atom stereocenters. The van der Waals surface area contributed by atoms with E-state index >= 15 is 0 Å². The lowest BCUT2D eigenvalue weighted by atomic mass is 9.96. The van der Waals surface area contributed by atoms with Crippen LogP contribution in [0, 0.1) is 12.8 Å². The Kier molecular flexibility index (Phi) is 13.3. The molecule has 0 bridgehead atoms. The molecular formula is C46H57ClN10O6. The summed E-state index contributed by atoms with van der Waals surface area (Å²) in [5.41, 5.74) is 4.50. The Morgan fingerprint density at radius 3 is 2.37 bits per heavy atom. The zero-order valence-electron chi connectivity index (χ0n) is 37.0. The van der Waals surface area contributed by atoms with Crippen LogP contribution in [-0.4, -0.2) is 124 Å². The summed E-state index contributed by atoms with van der Waals surface area (Å²) < 4.78 is 4.76. The molecule has 3 saturated heterocycles. The molecule has 0 radical (unpaired) electrons. The topological polar surface area (TPSA) is 185 Å². The second kappa shape index (κ2) is 18.7. The number of pyridine rings is 1. The summed E-state index contributed by atoms with van der Waals surface area (Å²) in [4.78, 5) is 85.3. The average Bonchev–Trinajstić information content (AvgIpc) is 4.07. The van der Waals surface area contributed by atoms with Gasteiger partial charge in [-0.3, -0.25) is 14.4 Å². The summed E-state index contributed by atoms with van der Waals surface area (Å²) in [6.45, 7) is 12.3. The molecule has 3 fully saturated rings. The van der Waals surface area contributed by atoms with Crippen LogP contribution in [0.1, 0.15) is 81.2 Å². The number of halogens is 1. The van der Waals surface area contributed by atoms with Crippen molar-refractivity contribution in [3.05, 3.63) is 82.9 Å². The zero-order valence-corrected chi connectivity index (χ0v) is 37.7. The maximum atomic E-state index is 13.7. The van der Waals surface area contributed by atoms with E-state index in [-0.39, 0.29) is 41.8 Å². The van der Waals surface area contributed by atoms with Crippen molar-refractivity contribution in [2.45, 2.75) is 84.0 Å². The van der Waals surface area contributed by atoms with E-state index in [0.29, 0.717) is 67.1 Å². The van der Waals surface area contributed by atoms with Gasteiger partial charge in [0.25, 0.3) is 5.91 Å². The van der Waals surface area contributed by atoms with Gasteiger partial charge in [-0.2, -0.15) is 0 Å². The van der Waals surface area contributed by atoms with E-state index in [4.69, 9.17) is 16.3 Å². The number of likely N-dealkylation sites (tertiary alicyclic amines) is 2. The fourth-order valence-corrected chi connectivity index (χ4v) is 9.33. The van der Waals surface area contributed by atoms with Gasteiger partial charge in [-0.1, -0.05) is 49.7 Å². The molecule has 17 heteroatoms. The summed E-state index contributed by atoms with van der Waals surface area (Å²) in [7, 11) is 2.86. The Labute approximate surface area is 373 Å². The van der Waals surface area contributed by atoms with E-state index < -0.39 is 17.7 Å². The Morgan fingerprint density at radius 1 is 0.952 bits per heavy atom. The summed E-state index contributed by atoms with van der Waals surface area (Å²) in [5, 5.41) is 8.69. The SMILES string of the molecule is CNC(=O)N1CCC[C@@]1(C)C(=O)N1CCN(c2ccc(C(=O)Nc3cc(C)c(-c4ccc(-c5cnc([C@@H]6CCCN6C(=O)[C@@H](NC(=O)OC)C(C)C)[nH]5)cc4)cc3Cl)cn2)[C@H](C)C1. The molecule has 0 aliphatic carbocycles. The number of hydrogen-bond donors (Lipinski definition) is 4. The fraction of sp³-hybridized carbons (Fsp3) is 0.457. The molecule has 334 valence electrons. The van der Waals surface area contributed by atoms with Crippen LogP contribution in [0.4, 0.5) is 21.1 Å². The summed E-state index contributed by atoms with van der Waals surface area (Å²) in [5.74, 6) is 0.737. The number of aromatic amines is 1. The van der Waals surface area contributed by atoms with E-state index in [1.807, 2.05) is 82.0 Å². The van der Waals surface area contributed by atoms with E-state index in [1.54, 1.807) is 35.3 Å². The highest BCUT2D eigenvalue weighted by Gasteiger charge is 2.48. The molecule has 4 N–H and O–H groups in total. The minimum atomic E-state index is -0.868. The molecule has 4 atom stereocenters. The third-order valence-electron chi connectivity index (χ3n) is 12.7. The summed E-state index contributed by atoms with van der Waals surface area (Å²) in [6, 6.07) is 14.0. The fourth-order valence-electron chi connectivity index (χ4n) is 9.12. The molecule has 2 aromatic carbocycles. The van der Waals surface area contributed by atoms with Crippen molar-refractivity contribution >= 4 is 53.0 Å². The monoisotopic (exact) mass is 880 g/mol. The predicted molar refractivity (Wildman–Crippen MR) is 241 cm³/mol. The standard InChI is InChI=1S/C46H57ClN10O6/c1-27(2)39(53-45(62)63-7)42(59)56-18-8-10-37(56)40-50-25-36(51-40)31-13-11-30(12-14-31)33-23-34(47)35(22-28(33)3)52-41(58)32-15-16-38(49-24-32)55-21-20-54(26-29(55)4)43(60)46(5)17-9-19-57(46)44(61)48-6/h11-16,22-25,27,29,37,39H,8-10,17-21,26H2,1-7H3,(H,48,61)(H,50,51)(H,52,58)(H,53,62)/t29-,37+,39+,46+/m1/s1. The molecule has 63 heavy (non-hydrogen) atoms. The van der Waals surface area contributed by atoms with Crippen LogP contribution in [0.15, 0.2) is 60.9 Å². The van der Waals surface area contributed by atoms with Crippen molar-refractivity contribution in [3.63, 3.8) is 0 Å². The van der Waals surface area contributed by atoms with Gasteiger partial charge >= 0.3 is 12.1 Å². The van der Waals surface area contributed by atoms with Crippen molar-refractivity contribution in [2.75, 3.05) is 57.1 Å². The van der Waals surface area contributed by atoms with Gasteiger partial charge in [0.2, 0.25) is 11.8 Å². The molecule has 0 saturated carbocycles. The van der Waals surface area contributed by atoms with Crippen LogP contribution >= 0.6 is 11.6 Å². The third kappa shape index (κ3) is 9.17. The second-order valence-corrected chi connectivity index (χ2v) is 17.6. The maximum Gasteiger partial charge on any atom is 0.407 e. The lowest BCUT2D eigenvalue weighted by Crippen LogP contribution is -2.62. The van der Waals surface area contributed by atoms with E-state index in [9.17, 15) is 24.0 Å². The number of alkyl carbamates (subject to hydrolysis) is 1. The Hall–Kier alpha value is -6.16. The first-order valence-electron chi connectivity index (χ1n) is 21.6. The van der Waals surface area contributed by atoms with Crippen LogP contribution in [-0.2, 0) is 14.3 Å². The molecule has 0 spiro atoms. The quantitative estimate of drug-likeness (QED) is 0.136. The minimum Gasteiger partial charge on any atom is -0.453 e. The number of nitrogens with zero attached hydrogens (tertiary/aromatic N) is 6. The zero-order chi connectivity index (χ0) is 45.2. The number of amides is 6. The Morgan fingerprint density at radius 2 is 1.70 bits per heavy atom. The highest BCUT2D eigenvalue weighted by atomic mass is 35.5. The molecule has 7 rings (SSSR count). The maximum absolute atomic E-state index is 13.7. The lowest BCUT2D eigenvalue weighted by molar-refractivity contribution is -0.141. The van der Waals surface area contributed by atoms with E-state index in [1.165, 1.54) is 7.11 Å². The van der Waals surface area contributed by atoms with E-state index in [2.05, 4.69) is 35.8 Å². The molecule has 16 nitrogen and oxygen atoms in total. The van der Waals surface area contributed by atoms with E-state index in [0.717, 1.165) is 47.2 Å². The molecule has 4 aromatic rings. The molecule has 6 amide bonds. The lowest BCUT2D eigenvalue weighted by Gasteiger charge is -2.44. The second-order valence-electron chi connectivity index (χ2n) is 17.2. The summed E-state index contributed by atoms with van der Waals surface area (Å²) in [6.07, 6.45) is 5.68. The first-order valence-corrected chi connectivity index (χ1v) is 21.9. The van der Waals surface area contributed by atoms with Crippen molar-refractivity contribution in [3.8, 4) is 22.4 Å². The van der Waals surface area contributed by atoms with Gasteiger partial charge in [-0.05, 0) is 98.9 Å². The smallest absolute Gasteiger partial charge is 0.407 e. The highest BCUT2D eigenvalue weighted by Crippen LogP contribution is 2.36. The first kappa shape index (κ1) is 44.9. The highest BCUT2D eigenvalue weighted by molar-refractivity contribution is 6.34. The number of aromatic nitrogens is 3. The predicted octanol–water partition coefficient (Wildman–Crippen LogP) is 6.63. The van der Waals surface area contributed by atoms with Gasteiger partial charge in [0.05, 0.1) is 41.3 Å². The molecular weight excluding hydrogens is 824 g/mol. The van der Waals surface area contributed by atoms with Gasteiger partial charge in [0.15, 0.2) is 0 Å². The van der Waals surface area contributed by atoms with Gasteiger partial charge in [0.1, 0.15) is 23.2 Å². The number of nitrogens with one attached hydrogen (secondary N) is 4. The number of anilines is 2. The van der Waals surface area contributed by atoms with Crippen LogP contribution in [0.25, 0.3) is 22.4 Å². The number of rotatable bonds is 10. The molecule has 5 heterocycles. The van der Waals surface area contributed by atoms with Crippen molar-refractivity contribution in [2.24, 2.45) is 5.92 Å². The number of H-pyrrole nitrogens is 1. The van der Waals surface area contributed by atoms with Crippen LogP contribution < -0.4 is 20.9 Å². The van der Waals surface area contributed by atoms with Crippen molar-refractivity contribution < 1.29 is 28.7 Å². The number of imidazole rings is 1. The van der Waals surface area contributed by atoms with Crippen LogP contribution in [0.5, 0.6) is 0 Å². The number of urea groups is 1. The number of hydrogen-bond acceptors (Lipinski definition) is 9.